The van der Waals surface area contributed by atoms with Gasteiger partial charge in [0.1, 0.15) is 0 Å². The topological polar surface area (TPSA) is 60.7 Å². The molecule has 4 rings (SSSR count). The molecular formula is C23H18N2O3S. The maximum absolute atomic E-state index is 12.7. The minimum absolute atomic E-state index is 0.306. The quantitative estimate of drug-likeness (QED) is 0.476. The van der Waals surface area contributed by atoms with Crippen LogP contribution in [0.2, 0.25) is 0 Å². The number of carbonyl (C=O) groups excluding carboxylic acids is 2. The number of benzene rings is 3. The molecule has 0 radical (unpaired) electrons. The van der Waals surface area contributed by atoms with Gasteiger partial charge in [-0.25, -0.2) is 4.79 Å². The first-order valence-electron chi connectivity index (χ1n) is 8.99. The van der Waals surface area contributed by atoms with E-state index in [0.717, 1.165) is 21.3 Å². The molecule has 0 bridgehead atoms. The fourth-order valence-electron chi connectivity index (χ4n) is 3.07. The molecular weight excluding hydrogens is 384 g/mol. The Morgan fingerprint density at radius 2 is 1.55 bits per heavy atom. The number of aromatic nitrogens is 1. The van der Waals surface area contributed by atoms with Crippen molar-refractivity contribution in [2.45, 2.75) is 0 Å². The zero-order valence-corrected chi connectivity index (χ0v) is 16.8. The number of thiazole rings is 1. The maximum atomic E-state index is 12.7. The van der Waals surface area contributed by atoms with E-state index < -0.39 is 5.97 Å². The molecule has 0 spiro atoms. The number of ether oxygens (including phenoxy) is 1. The molecule has 0 N–H and O–H groups in total. The van der Waals surface area contributed by atoms with Gasteiger partial charge >= 0.3 is 5.97 Å². The van der Waals surface area contributed by atoms with Crippen molar-refractivity contribution in [3.8, 4) is 11.1 Å². The van der Waals surface area contributed by atoms with Crippen LogP contribution in [-0.4, -0.2) is 23.6 Å². The van der Waals surface area contributed by atoms with Gasteiger partial charge in [-0.1, -0.05) is 53.8 Å². The third kappa shape index (κ3) is 3.75. The Balaban J connectivity index is 1.66. The van der Waals surface area contributed by atoms with Gasteiger partial charge in [0.05, 0.1) is 22.9 Å². The molecule has 1 aromatic heterocycles. The number of hydrogen-bond donors (Lipinski definition) is 0. The van der Waals surface area contributed by atoms with E-state index in [0.29, 0.717) is 15.9 Å². The fourth-order valence-corrected chi connectivity index (χ4v) is 4.13. The molecule has 4 aromatic rings. The molecule has 0 aliphatic heterocycles. The standard InChI is InChI=1S/C23H18N2O3S/c1-25-19-13-12-18(22(27)28-2)14-20(19)29-23(25)24-21(26)17-10-8-16(9-11-17)15-6-4-3-5-7-15/h3-14H,1-2H3. The molecule has 0 aliphatic carbocycles. The Bertz CT molecular complexity index is 1270. The van der Waals surface area contributed by atoms with Crippen LogP contribution in [0.5, 0.6) is 0 Å². The lowest BCUT2D eigenvalue weighted by Crippen LogP contribution is -2.13. The number of aryl methyl sites for hydroxylation is 1. The minimum Gasteiger partial charge on any atom is -0.465 e. The van der Waals surface area contributed by atoms with Crippen LogP contribution in [0.4, 0.5) is 0 Å². The Morgan fingerprint density at radius 1 is 0.897 bits per heavy atom. The number of amides is 1. The van der Waals surface area contributed by atoms with Gasteiger partial charge in [0.25, 0.3) is 5.91 Å². The van der Waals surface area contributed by atoms with Crippen LogP contribution in [0.25, 0.3) is 21.3 Å². The predicted molar refractivity (Wildman–Crippen MR) is 114 cm³/mol. The summed E-state index contributed by atoms with van der Waals surface area (Å²) >= 11 is 1.36. The van der Waals surface area contributed by atoms with Gasteiger partial charge in [-0.05, 0) is 41.5 Å². The highest BCUT2D eigenvalue weighted by Gasteiger charge is 2.11. The molecule has 0 unspecified atom stereocenters. The summed E-state index contributed by atoms with van der Waals surface area (Å²) < 4.78 is 7.47. The third-order valence-corrected chi connectivity index (χ3v) is 5.76. The fraction of sp³-hybridized carbons (Fsp3) is 0.0870. The summed E-state index contributed by atoms with van der Waals surface area (Å²) in [4.78, 5) is 29.3. The van der Waals surface area contributed by atoms with E-state index >= 15 is 0 Å². The van der Waals surface area contributed by atoms with Gasteiger partial charge in [0, 0.05) is 12.6 Å². The van der Waals surface area contributed by atoms with Crippen molar-refractivity contribution >= 4 is 33.4 Å². The maximum Gasteiger partial charge on any atom is 0.337 e. The zero-order valence-electron chi connectivity index (χ0n) is 16.0. The Kier molecular flexibility index (Phi) is 5.10. The van der Waals surface area contributed by atoms with Crippen LogP contribution < -0.4 is 4.80 Å². The second-order valence-electron chi connectivity index (χ2n) is 6.48. The monoisotopic (exact) mass is 402 g/mol. The predicted octanol–water partition coefficient (Wildman–Crippen LogP) is 4.43. The Labute approximate surface area is 171 Å². The lowest BCUT2D eigenvalue weighted by Gasteiger charge is -2.02. The van der Waals surface area contributed by atoms with Crippen molar-refractivity contribution in [3.05, 3.63) is 88.7 Å². The minimum atomic E-state index is -0.393. The molecule has 0 fully saturated rings. The molecule has 0 saturated heterocycles. The first-order valence-corrected chi connectivity index (χ1v) is 9.81. The lowest BCUT2D eigenvalue weighted by atomic mass is 10.0. The van der Waals surface area contributed by atoms with Crippen molar-refractivity contribution in [3.63, 3.8) is 0 Å². The molecule has 6 heteroatoms. The molecule has 0 saturated carbocycles. The van der Waals surface area contributed by atoms with Crippen LogP contribution in [0, 0.1) is 0 Å². The van der Waals surface area contributed by atoms with Crippen molar-refractivity contribution in [2.24, 2.45) is 12.0 Å². The van der Waals surface area contributed by atoms with E-state index in [9.17, 15) is 9.59 Å². The van der Waals surface area contributed by atoms with Crippen LogP contribution in [0.1, 0.15) is 20.7 Å². The second-order valence-corrected chi connectivity index (χ2v) is 7.49. The number of rotatable bonds is 3. The number of fused-ring (bicyclic) bond motifs is 1. The molecule has 1 heterocycles. The van der Waals surface area contributed by atoms with E-state index in [1.54, 1.807) is 24.3 Å². The molecule has 0 aliphatic rings. The molecule has 3 aromatic carbocycles. The van der Waals surface area contributed by atoms with Gasteiger partial charge in [-0.15, -0.1) is 0 Å². The van der Waals surface area contributed by atoms with Crippen molar-refractivity contribution in [2.75, 3.05) is 7.11 Å². The lowest BCUT2D eigenvalue weighted by molar-refractivity contribution is 0.0601. The van der Waals surface area contributed by atoms with Gasteiger partial charge in [-0.3, -0.25) is 4.79 Å². The number of carbonyl (C=O) groups is 2. The van der Waals surface area contributed by atoms with Crippen LogP contribution in [-0.2, 0) is 11.8 Å². The number of esters is 1. The molecule has 144 valence electrons. The van der Waals surface area contributed by atoms with Gasteiger partial charge in [0.15, 0.2) is 4.80 Å². The molecule has 29 heavy (non-hydrogen) atoms. The highest BCUT2D eigenvalue weighted by molar-refractivity contribution is 7.16. The van der Waals surface area contributed by atoms with Crippen LogP contribution >= 0.6 is 11.3 Å². The van der Waals surface area contributed by atoms with Crippen molar-refractivity contribution in [1.29, 1.82) is 0 Å². The van der Waals surface area contributed by atoms with Gasteiger partial charge in [0.2, 0.25) is 0 Å². The normalized spacial score (nSPS) is 11.6. The molecule has 1 amide bonds. The third-order valence-electron chi connectivity index (χ3n) is 4.67. The number of nitrogens with zero attached hydrogens (tertiary/aromatic N) is 2. The van der Waals surface area contributed by atoms with E-state index in [1.807, 2.05) is 60.1 Å². The Morgan fingerprint density at radius 3 is 2.24 bits per heavy atom. The van der Waals surface area contributed by atoms with Gasteiger partial charge < -0.3 is 9.30 Å². The largest absolute Gasteiger partial charge is 0.465 e. The average Bonchev–Trinajstić information content (AvgIpc) is 3.08. The van der Waals surface area contributed by atoms with E-state index in [1.165, 1.54) is 18.4 Å². The first kappa shape index (κ1) is 18.8. The number of hydrogen-bond acceptors (Lipinski definition) is 4. The second kappa shape index (κ2) is 7.85. The van der Waals surface area contributed by atoms with Crippen molar-refractivity contribution < 1.29 is 14.3 Å². The summed E-state index contributed by atoms with van der Waals surface area (Å²) in [5.74, 6) is -0.698. The summed E-state index contributed by atoms with van der Waals surface area (Å²) in [5, 5.41) is 0. The summed E-state index contributed by atoms with van der Waals surface area (Å²) in [5.41, 5.74) is 4.04. The van der Waals surface area contributed by atoms with E-state index in [2.05, 4.69) is 4.99 Å². The van der Waals surface area contributed by atoms with Crippen LogP contribution in [0.15, 0.2) is 77.8 Å². The van der Waals surface area contributed by atoms with E-state index in [-0.39, 0.29) is 5.91 Å². The summed E-state index contributed by atoms with van der Waals surface area (Å²) in [6.07, 6.45) is 0. The molecule has 0 atom stereocenters. The smallest absolute Gasteiger partial charge is 0.337 e. The zero-order chi connectivity index (χ0) is 20.4. The highest BCUT2D eigenvalue weighted by atomic mass is 32.1. The van der Waals surface area contributed by atoms with E-state index in [4.69, 9.17) is 4.74 Å². The summed E-state index contributed by atoms with van der Waals surface area (Å²) in [7, 11) is 3.20. The highest BCUT2D eigenvalue weighted by Crippen LogP contribution is 2.21. The SMILES string of the molecule is COC(=O)c1ccc2c(c1)sc(=NC(=O)c1ccc(-c3ccccc3)cc1)n2C. The first-order chi connectivity index (χ1) is 14.1. The average molecular weight is 402 g/mol. The van der Waals surface area contributed by atoms with Crippen LogP contribution in [0.3, 0.4) is 0 Å². The summed E-state index contributed by atoms with van der Waals surface area (Å²) in [6, 6.07) is 22.7. The van der Waals surface area contributed by atoms with Gasteiger partial charge in [-0.2, -0.15) is 4.99 Å². The Hall–Kier alpha value is -3.51. The number of methoxy groups -OCH3 is 1. The van der Waals surface area contributed by atoms with Crippen molar-refractivity contribution in [1.82, 2.24) is 4.57 Å². The molecule has 5 nitrogen and oxygen atoms in total. The summed E-state index contributed by atoms with van der Waals surface area (Å²) in [6.45, 7) is 0.